The fourth-order valence-electron chi connectivity index (χ4n) is 2.55. The molecule has 1 aliphatic carbocycles. The summed E-state index contributed by atoms with van der Waals surface area (Å²) >= 11 is 0. The molecule has 0 saturated heterocycles. The molecule has 0 heterocycles. The normalized spacial score (nSPS) is 17.9. The maximum absolute atomic E-state index is 11.5. The van der Waals surface area contributed by atoms with Gasteiger partial charge in [-0.1, -0.05) is 25.7 Å². The highest BCUT2D eigenvalue weighted by molar-refractivity contribution is 7.90. The van der Waals surface area contributed by atoms with E-state index in [1.54, 1.807) is 12.1 Å². The predicted octanol–water partition coefficient (Wildman–Crippen LogP) is 2.81. The zero-order chi connectivity index (χ0) is 13.9. The first-order valence-electron chi connectivity index (χ1n) is 6.83. The molecule has 5 heteroatoms. The summed E-state index contributed by atoms with van der Waals surface area (Å²) in [6.07, 6.45) is 8.63. The standard InChI is InChI=1S/C14H22N2O2S/c1-19(17,18)12-8-9-14(13(15)10-12)16-11-6-4-2-3-5-7-11/h8-11,16H,2-7,15H2,1H3. The van der Waals surface area contributed by atoms with E-state index in [0.717, 1.165) is 18.5 Å². The highest BCUT2D eigenvalue weighted by atomic mass is 32.2. The Balaban J connectivity index is 2.12. The van der Waals surface area contributed by atoms with E-state index in [9.17, 15) is 8.42 Å². The van der Waals surface area contributed by atoms with Gasteiger partial charge in [0, 0.05) is 12.3 Å². The van der Waals surface area contributed by atoms with Crippen LogP contribution in [0.15, 0.2) is 23.1 Å². The average molecular weight is 282 g/mol. The summed E-state index contributed by atoms with van der Waals surface area (Å²) in [4.78, 5) is 0.274. The van der Waals surface area contributed by atoms with Crippen molar-refractivity contribution in [3.05, 3.63) is 18.2 Å². The third-order valence-electron chi connectivity index (χ3n) is 3.67. The van der Waals surface area contributed by atoms with Crippen LogP contribution in [0.1, 0.15) is 38.5 Å². The van der Waals surface area contributed by atoms with Crippen LogP contribution < -0.4 is 11.1 Å². The van der Waals surface area contributed by atoms with E-state index in [-0.39, 0.29) is 4.90 Å². The van der Waals surface area contributed by atoms with Crippen molar-refractivity contribution in [3.8, 4) is 0 Å². The highest BCUT2D eigenvalue weighted by Gasteiger charge is 2.14. The summed E-state index contributed by atoms with van der Waals surface area (Å²) in [6, 6.07) is 5.38. The molecule has 0 atom stereocenters. The first-order valence-corrected chi connectivity index (χ1v) is 8.72. The number of benzene rings is 1. The number of nitrogen functional groups attached to an aromatic ring is 1. The van der Waals surface area contributed by atoms with E-state index >= 15 is 0 Å². The van der Waals surface area contributed by atoms with Crippen molar-refractivity contribution in [1.82, 2.24) is 0 Å². The minimum absolute atomic E-state index is 0.274. The monoisotopic (exact) mass is 282 g/mol. The lowest BCUT2D eigenvalue weighted by molar-refractivity contribution is 0.602. The third kappa shape index (κ3) is 3.86. The van der Waals surface area contributed by atoms with Crippen LogP contribution in [0.2, 0.25) is 0 Å². The number of hydrogen-bond donors (Lipinski definition) is 2. The predicted molar refractivity (Wildman–Crippen MR) is 79.1 cm³/mol. The first kappa shape index (κ1) is 14.2. The summed E-state index contributed by atoms with van der Waals surface area (Å²) in [6.45, 7) is 0. The van der Waals surface area contributed by atoms with E-state index in [2.05, 4.69) is 5.32 Å². The van der Waals surface area contributed by atoms with Crippen LogP contribution in [0.5, 0.6) is 0 Å². The lowest BCUT2D eigenvalue weighted by atomic mass is 10.1. The Hall–Kier alpha value is -1.23. The molecule has 0 bridgehead atoms. The Kier molecular flexibility index (Phi) is 4.34. The second-order valence-electron chi connectivity index (χ2n) is 5.35. The molecule has 1 aliphatic rings. The number of rotatable bonds is 3. The Morgan fingerprint density at radius 2 is 1.79 bits per heavy atom. The van der Waals surface area contributed by atoms with Gasteiger partial charge in [0.25, 0.3) is 0 Å². The molecular formula is C14H22N2O2S. The van der Waals surface area contributed by atoms with Crippen molar-refractivity contribution in [2.75, 3.05) is 17.3 Å². The van der Waals surface area contributed by atoms with Gasteiger partial charge in [0.1, 0.15) is 0 Å². The fourth-order valence-corrected chi connectivity index (χ4v) is 3.20. The molecule has 1 aromatic carbocycles. The van der Waals surface area contributed by atoms with Gasteiger partial charge in [-0.15, -0.1) is 0 Å². The Labute approximate surface area is 115 Å². The number of sulfone groups is 1. The maximum Gasteiger partial charge on any atom is 0.175 e. The molecule has 1 saturated carbocycles. The average Bonchev–Trinajstić information content (AvgIpc) is 2.59. The lowest BCUT2D eigenvalue weighted by Crippen LogP contribution is -2.19. The molecule has 106 valence electrons. The molecule has 19 heavy (non-hydrogen) atoms. The molecule has 0 aliphatic heterocycles. The van der Waals surface area contributed by atoms with E-state index in [1.807, 2.05) is 0 Å². The van der Waals surface area contributed by atoms with Gasteiger partial charge in [0.2, 0.25) is 0 Å². The van der Waals surface area contributed by atoms with Crippen molar-refractivity contribution in [3.63, 3.8) is 0 Å². The van der Waals surface area contributed by atoms with E-state index in [4.69, 9.17) is 5.73 Å². The number of anilines is 2. The molecule has 0 aromatic heterocycles. The minimum atomic E-state index is -3.19. The molecule has 3 N–H and O–H groups in total. The van der Waals surface area contributed by atoms with Gasteiger partial charge in [-0.05, 0) is 31.0 Å². The van der Waals surface area contributed by atoms with Gasteiger partial charge < -0.3 is 11.1 Å². The van der Waals surface area contributed by atoms with Crippen LogP contribution in [0.25, 0.3) is 0 Å². The topological polar surface area (TPSA) is 72.2 Å². The largest absolute Gasteiger partial charge is 0.397 e. The van der Waals surface area contributed by atoms with Gasteiger partial charge in [0.15, 0.2) is 9.84 Å². The molecular weight excluding hydrogens is 260 g/mol. The summed E-state index contributed by atoms with van der Waals surface area (Å²) in [5.74, 6) is 0. The van der Waals surface area contributed by atoms with Crippen molar-refractivity contribution < 1.29 is 8.42 Å². The van der Waals surface area contributed by atoms with Crippen molar-refractivity contribution in [1.29, 1.82) is 0 Å². The second kappa shape index (κ2) is 5.82. The molecule has 0 amide bonds. The zero-order valence-electron chi connectivity index (χ0n) is 11.4. The molecule has 4 nitrogen and oxygen atoms in total. The molecule has 0 radical (unpaired) electrons. The summed E-state index contributed by atoms with van der Waals surface area (Å²) < 4.78 is 22.9. The first-order chi connectivity index (χ1) is 8.97. The zero-order valence-corrected chi connectivity index (χ0v) is 12.2. The molecule has 1 fully saturated rings. The smallest absolute Gasteiger partial charge is 0.175 e. The van der Waals surface area contributed by atoms with Crippen molar-refractivity contribution in [2.45, 2.75) is 49.5 Å². The quantitative estimate of drug-likeness (QED) is 0.660. The van der Waals surface area contributed by atoms with Crippen LogP contribution in [0.3, 0.4) is 0 Å². The van der Waals surface area contributed by atoms with E-state index < -0.39 is 9.84 Å². The fraction of sp³-hybridized carbons (Fsp3) is 0.571. The van der Waals surface area contributed by atoms with Gasteiger partial charge in [-0.3, -0.25) is 0 Å². The third-order valence-corrected chi connectivity index (χ3v) is 4.78. The van der Waals surface area contributed by atoms with Gasteiger partial charge in [-0.2, -0.15) is 0 Å². The molecule has 2 rings (SSSR count). The molecule has 0 unspecified atom stereocenters. The second-order valence-corrected chi connectivity index (χ2v) is 7.37. The minimum Gasteiger partial charge on any atom is -0.397 e. The molecule has 0 spiro atoms. The van der Waals surface area contributed by atoms with Crippen LogP contribution in [0.4, 0.5) is 11.4 Å². The Bertz CT molecular complexity index is 532. The van der Waals surface area contributed by atoms with Crippen molar-refractivity contribution >= 4 is 21.2 Å². The summed E-state index contributed by atoms with van der Waals surface area (Å²) in [5, 5.41) is 3.45. The number of hydrogen-bond acceptors (Lipinski definition) is 4. The summed E-state index contributed by atoms with van der Waals surface area (Å²) in [7, 11) is -3.19. The highest BCUT2D eigenvalue weighted by Crippen LogP contribution is 2.26. The van der Waals surface area contributed by atoms with Gasteiger partial charge in [0.05, 0.1) is 16.3 Å². The lowest BCUT2D eigenvalue weighted by Gasteiger charge is -2.19. The number of nitrogens with one attached hydrogen (secondary N) is 1. The van der Waals surface area contributed by atoms with E-state index in [1.165, 1.54) is 38.0 Å². The van der Waals surface area contributed by atoms with E-state index in [0.29, 0.717) is 11.7 Å². The van der Waals surface area contributed by atoms with Crippen LogP contribution >= 0.6 is 0 Å². The van der Waals surface area contributed by atoms with Gasteiger partial charge in [-0.25, -0.2) is 8.42 Å². The van der Waals surface area contributed by atoms with Crippen LogP contribution in [0, 0.1) is 0 Å². The Morgan fingerprint density at radius 3 is 2.32 bits per heavy atom. The number of nitrogens with two attached hydrogens (primary N) is 1. The molecule has 1 aromatic rings. The summed E-state index contributed by atoms with van der Waals surface area (Å²) in [5.41, 5.74) is 7.30. The SMILES string of the molecule is CS(=O)(=O)c1ccc(NC2CCCCCC2)c(N)c1. The van der Waals surface area contributed by atoms with Gasteiger partial charge >= 0.3 is 0 Å². The maximum atomic E-state index is 11.5. The van der Waals surface area contributed by atoms with Crippen LogP contribution in [-0.2, 0) is 9.84 Å². The Morgan fingerprint density at radius 1 is 1.16 bits per heavy atom. The van der Waals surface area contributed by atoms with Crippen molar-refractivity contribution in [2.24, 2.45) is 0 Å². The van der Waals surface area contributed by atoms with Crippen LogP contribution in [-0.4, -0.2) is 20.7 Å².